The van der Waals surface area contributed by atoms with Crippen LogP contribution < -0.4 is 5.32 Å². The van der Waals surface area contributed by atoms with Crippen LogP contribution in [0.25, 0.3) is 0 Å². The third-order valence-corrected chi connectivity index (χ3v) is 1.21. The van der Waals surface area contributed by atoms with Gasteiger partial charge in [-0.25, -0.2) is 8.78 Å². The monoisotopic (exact) mass is 165 g/mol. The van der Waals surface area contributed by atoms with Crippen LogP contribution in [0, 0.1) is 0 Å². The molecule has 0 aliphatic carbocycles. The van der Waals surface area contributed by atoms with Gasteiger partial charge in [0, 0.05) is 13.3 Å². The molecule has 1 N–H and O–H groups in total. The molecule has 0 fully saturated rings. The highest BCUT2D eigenvalue weighted by Gasteiger charge is 2.27. The Morgan fingerprint density at radius 1 is 1.55 bits per heavy atom. The van der Waals surface area contributed by atoms with Crippen molar-refractivity contribution in [2.24, 2.45) is 0 Å². The summed E-state index contributed by atoms with van der Waals surface area (Å²) in [4.78, 5) is 10.3. The maximum Gasteiger partial charge on any atom is 0.265 e. The van der Waals surface area contributed by atoms with Crippen molar-refractivity contribution in [2.75, 3.05) is 6.54 Å². The summed E-state index contributed by atoms with van der Waals surface area (Å²) in [5, 5.41) is 2.08. The third kappa shape index (κ3) is 5.76. The van der Waals surface area contributed by atoms with Crippen molar-refractivity contribution in [1.29, 1.82) is 0 Å². The highest BCUT2D eigenvalue weighted by atomic mass is 19.3. The van der Waals surface area contributed by atoms with Crippen LogP contribution in [0.3, 0.4) is 0 Å². The summed E-state index contributed by atoms with van der Waals surface area (Å²) in [6.45, 7) is 2.36. The molecule has 4 heteroatoms. The SMILES string of the molecule is CCCC(F)(F)CNC(C)=O. The van der Waals surface area contributed by atoms with E-state index in [4.69, 9.17) is 0 Å². The van der Waals surface area contributed by atoms with Crippen LogP contribution in [-0.4, -0.2) is 18.4 Å². The average Bonchev–Trinajstić information content (AvgIpc) is 1.84. The first-order valence-corrected chi connectivity index (χ1v) is 3.60. The van der Waals surface area contributed by atoms with E-state index in [9.17, 15) is 13.6 Å². The first-order valence-electron chi connectivity index (χ1n) is 3.60. The van der Waals surface area contributed by atoms with Crippen LogP contribution in [0.5, 0.6) is 0 Å². The number of carbonyl (C=O) groups is 1. The molecule has 0 atom stereocenters. The van der Waals surface area contributed by atoms with Crippen LogP contribution >= 0.6 is 0 Å². The zero-order chi connectivity index (χ0) is 8.91. The summed E-state index contributed by atoms with van der Waals surface area (Å²) < 4.78 is 25.1. The van der Waals surface area contributed by atoms with E-state index >= 15 is 0 Å². The van der Waals surface area contributed by atoms with Gasteiger partial charge in [0.2, 0.25) is 5.91 Å². The largest absolute Gasteiger partial charge is 0.350 e. The Kier molecular flexibility index (Phi) is 4.00. The first-order chi connectivity index (χ1) is 4.98. The average molecular weight is 165 g/mol. The second-order valence-electron chi connectivity index (χ2n) is 2.52. The summed E-state index contributed by atoms with van der Waals surface area (Å²) in [5.74, 6) is -3.17. The molecule has 66 valence electrons. The predicted molar refractivity (Wildman–Crippen MR) is 38.5 cm³/mol. The Morgan fingerprint density at radius 2 is 2.09 bits per heavy atom. The molecule has 0 saturated carbocycles. The summed E-state index contributed by atoms with van der Waals surface area (Å²) in [5.41, 5.74) is 0. The fourth-order valence-electron chi connectivity index (χ4n) is 0.708. The number of halogens is 2. The van der Waals surface area contributed by atoms with Crippen molar-refractivity contribution >= 4 is 5.91 Å². The Hall–Kier alpha value is -0.670. The Labute approximate surface area is 65.0 Å². The zero-order valence-electron chi connectivity index (χ0n) is 6.79. The van der Waals surface area contributed by atoms with Crippen LogP contribution in [0.4, 0.5) is 8.78 Å². The third-order valence-electron chi connectivity index (χ3n) is 1.21. The second-order valence-corrected chi connectivity index (χ2v) is 2.52. The number of carbonyl (C=O) groups excluding carboxylic acids is 1. The molecule has 0 aromatic rings. The van der Waals surface area contributed by atoms with Gasteiger partial charge in [0.05, 0.1) is 6.54 Å². The van der Waals surface area contributed by atoms with Gasteiger partial charge in [-0.05, 0) is 0 Å². The summed E-state index contributed by atoms with van der Waals surface area (Å²) in [6, 6.07) is 0. The molecule has 0 radical (unpaired) electrons. The standard InChI is InChI=1S/C7H13F2NO/c1-3-4-7(8,9)5-10-6(2)11/h3-5H2,1-2H3,(H,10,11). The van der Waals surface area contributed by atoms with Gasteiger partial charge < -0.3 is 5.32 Å². The lowest BCUT2D eigenvalue weighted by molar-refractivity contribution is -0.121. The van der Waals surface area contributed by atoms with E-state index in [1.54, 1.807) is 6.92 Å². The van der Waals surface area contributed by atoms with Crippen molar-refractivity contribution in [1.82, 2.24) is 5.32 Å². The molecule has 0 heterocycles. The molecule has 0 bridgehead atoms. The van der Waals surface area contributed by atoms with Gasteiger partial charge in [0.1, 0.15) is 0 Å². The van der Waals surface area contributed by atoms with E-state index in [1.165, 1.54) is 6.92 Å². The van der Waals surface area contributed by atoms with Crippen LogP contribution in [0.1, 0.15) is 26.7 Å². The molecule has 0 aliphatic heterocycles. The van der Waals surface area contributed by atoms with Gasteiger partial charge in [-0.1, -0.05) is 13.3 Å². The van der Waals surface area contributed by atoms with Gasteiger partial charge in [-0.2, -0.15) is 0 Å². The highest BCUT2D eigenvalue weighted by molar-refractivity contribution is 5.72. The molecule has 0 unspecified atom stereocenters. The maximum absolute atomic E-state index is 12.6. The number of rotatable bonds is 4. The lowest BCUT2D eigenvalue weighted by Crippen LogP contribution is -2.35. The van der Waals surface area contributed by atoms with Crippen molar-refractivity contribution in [3.05, 3.63) is 0 Å². The van der Waals surface area contributed by atoms with E-state index in [2.05, 4.69) is 5.32 Å². The van der Waals surface area contributed by atoms with Gasteiger partial charge in [-0.3, -0.25) is 4.79 Å². The Bertz CT molecular complexity index is 136. The quantitative estimate of drug-likeness (QED) is 0.672. The van der Waals surface area contributed by atoms with Crippen LogP contribution in [0.15, 0.2) is 0 Å². The molecule has 0 aromatic carbocycles. The van der Waals surface area contributed by atoms with Crippen molar-refractivity contribution in [3.63, 3.8) is 0 Å². The van der Waals surface area contributed by atoms with Crippen LogP contribution in [0.2, 0.25) is 0 Å². The zero-order valence-corrected chi connectivity index (χ0v) is 6.79. The van der Waals surface area contributed by atoms with E-state index in [-0.39, 0.29) is 6.42 Å². The molecular weight excluding hydrogens is 152 g/mol. The molecule has 0 saturated heterocycles. The minimum Gasteiger partial charge on any atom is -0.350 e. The fraction of sp³-hybridized carbons (Fsp3) is 0.857. The number of nitrogens with one attached hydrogen (secondary N) is 1. The minimum absolute atomic E-state index is 0.173. The van der Waals surface area contributed by atoms with Gasteiger partial charge in [-0.15, -0.1) is 0 Å². The normalized spacial score (nSPS) is 11.3. The van der Waals surface area contributed by atoms with E-state index in [1.807, 2.05) is 0 Å². The van der Waals surface area contributed by atoms with Crippen LogP contribution in [-0.2, 0) is 4.79 Å². The Balaban J connectivity index is 3.63. The summed E-state index contributed by atoms with van der Waals surface area (Å²) >= 11 is 0. The summed E-state index contributed by atoms with van der Waals surface area (Å²) in [6.07, 6.45) is 0.250. The highest BCUT2D eigenvalue weighted by Crippen LogP contribution is 2.18. The molecule has 0 rings (SSSR count). The lowest BCUT2D eigenvalue weighted by atomic mass is 10.2. The Morgan fingerprint density at radius 3 is 2.45 bits per heavy atom. The topological polar surface area (TPSA) is 29.1 Å². The predicted octanol–water partition coefficient (Wildman–Crippen LogP) is 1.56. The molecule has 1 amide bonds. The molecule has 0 spiro atoms. The fourth-order valence-corrected chi connectivity index (χ4v) is 0.708. The second kappa shape index (κ2) is 4.26. The lowest BCUT2D eigenvalue weighted by Gasteiger charge is -2.14. The molecule has 0 aliphatic rings. The van der Waals surface area contributed by atoms with E-state index in [0.29, 0.717) is 6.42 Å². The number of hydrogen-bond acceptors (Lipinski definition) is 1. The van der Waals surface area contributed by atoms with E-state index < -0.39 is 18.4 Å². The summed E-state index contributed by atoms with van der Waals surface area (Å²) in [7, 11) is 0. The number of hydrogen-bond donors (Lipinski definition) is 1. The first kappa shape index (κ1) is 10.3. The molecule has 2 nitrogen and oxygen atoms in total. The van der Waals surface area contributed by atoms with Gasteiger partial charge in [0.15, 0.2) is 0 Å². The smallest absolute Gasteiger partial charge is 0.265 e. The van der Waals surface area contributed by atoms with Gasteiger partial charge >= 0.3 is 0 Å². The van der Waals surface area contributed by atoms with Crippen molar-refractivity contribution in [3.8, 4) is 0 Å². The number of amides is 1. The van der Waals surface area contributed by atoms with Gasteiger partial charge in [0.25, 0.3) is 5.92 Å². The minimum atomic E-state index is -2.75. The molecular formula is C7H13F2NO. The maximum atomic E-state index is 12.6. The number of alkyl halides is 2. The molecule has 0 aromatic heterocycles. The van der Waals surface area contributed by atoms with Crippen molar-refractivity contribution < 1.29 is 13.6 Å². The van der Waals surface area contributed by atoms with E-state index in [0.717, 1.165) is 0 Å². The van der Waals surface area contributed by atoms with Crippen molar-refractivity contribution in [2.45, 2.75) is 32.6 Å². The molecule has 11 heavy (non-hydrogen) atoms.